The van der Waals surface area contributed by atoms with Gasteiger partial charge in [-0.3, -0.25) is 9.69 Å². The van der Waals surface area contributed by atoms with E-state index in [0.717, 1.165) is 29.8 Å². The van der Waals surface area contributed by atoms with Gasteiger partial charge >= 0.3 is 0 Å². The summed E-state index contributed by atoms with van der Waals surface area (Å²) in [7, 11) is 0. The molecule has 0 unspecified atom stereocenters. The summed E-state index contributed by atoms with van der Waals surface area (Å²) in [5.74, 6) is -0.0177. The summed E-state index contributed by atoms with van der Waals surface area (Å²) >= 11 is 0. The van der Waals surface area contributed by atoms with E-state index in [-0.39, 0.29) is 11.9 Å². The highest BCUT2D eigenvalue weighted by Gasteiger charge is 2.37. The highest BCUT2D eigenvalue weighted by Crippen LogP contribution is 2.34. The van der Waals surface area contributed by atoms with Crippen LogP contribution >= 0.6 is 0 Å². The number of carbonyl (C=O) groups is 1. The summed E-state index contributed by atoms with van der Waals surface area (Å²) in [5.41, 5.74) is 3.16. The van der Waals surface area contributed by atoms with Gasteiger partial charge in [0.2, 0.25) is 5.91 Å². The lowest BCUT2D eigenvalue weighted by Gasteiger charge is -2.25. The van der Waals surface area contributed by atoms with E-state index >= 15 is 0 Å². The van der Waals surface area contributed by atoms with E-state index in [1.54, 1.807) is 26.7 Å². The van der Waals surface area contributed by atoms with Crippen molar-refractivity contribution in [3.8, 4) is 17.9 Å². The van der Waals surface area contributed by atoms with Crippen molar-refractivity contribution in [2.45, 2.75) is 25.3 Å². The molecular weight excluding hydrogens is 316 g/mol. The molecule has 2 aliphatic heterocycles. The van der Waals surface area contributed by atoms with E-state index in [0.29, 0.717) is 25.2 Å². The maximum Gasteiger partial charge on any atom is 0.250 e. The molecule has 1 aromatic carbocycles. The predicted octanol–water partition coefficient (Wildman–Crippen LogP) is 1.58. The van der Waals surface area contributed by atoms with Crippen molar-refractivity contribution >= 4 is 11.6 Å². The molecule has 2 aromatic rings. The normalized spacial score (nSPS) is 18.7. The molecule has 1 saturated heterocycles. The maximum absolute atomic E-state index is 13.0. The second-order valence-electron chi connectivity index (χ2n) is 6.21. The molecule has 124 valence electrons. The monoisotopic (exact) mass is 332 g/mol. The summed E-state index contributed by atoms with van der Waals surface area (Å²) in [6, 6.07) is 9.15. The van der Waals surface area contributed by atoms with Crippen molar-refractivity contribution in [2.24, 2.45) is 0 Å². The number of anilines is 1. The van der Waals surface area contributed by atoms with Crippen LogP contribution in [0.1, 0.15) is 24.1 Å². The molecule has 0 bridgehead atoms. The van der Waals surface area contributed by atoms with Gasteiger partial charge in [0.05, 0.1) is 11.9 Å². The van der Waals surface area contributed by atoms with Gasteiger partial charge in [0.25, 0.3) is 0 Å². The van der Waals surface area contributed by atoms with E-state index in [4.69, 9.17) is 0 Å². The molecule has 1 atom stereocenters. The van der Waals surface area contributed by atoms with Crippen LogP contribution in [0.15, 0.2) is 30.5 Å². The van der Waals surface area contributed by atoms with Crippen molar-refractivity contribution in [1.29, 1.82) is 10.5 Å². The van der Waals surface area contributed by atoms with Gasteiger partial charge in [0.15, 0.2) is 6.19 Å². The molecule has 1 amide bonds. The minimum atomic E-state index is -0.362. The van der Waals surface area contributed by atoms with Crippen molar-refractivity contribution in [3.05, 3.63) is 41.7 Å². The van der Waals surface area contributed by atoms with Gasteiger partial charge in [-0.25, -0.2) is 4.68 Å². The number of rotatable bonds is 2. The Morgan fingerprint density at radius 3 is 2.84 bits per heavy atom. The highest BCUT2D eigenvalue weighted by atomic mass is 16.2. The van der Waals surface area contributed by atoms with Crippen LogP contribution in [-0.4, -0.2) is 39.7 Å². The highest BCUT2D eigenvalue weighted by molar-refractivity contribution is 5.99. The molecule has 25 heavy (non-hydrogen) atoms. The molecule has 0 N–H and O–H groups in total. The molecule has 0 spiro atoms. The molecule has 3 heterocycles. The average molecular weight is 332 g/mol. The van der Waals surface area contributed by atoms with E-state index in [1.165, 1.54) is 0 Å². The lowest BCUT2D eigenvalue weighted by molar-refractivity contribution is -0.121. The lowest BCUT2D eigenvalue weighted by Crippen LogP contribution is -2.43. The van der Waals surface area contributed by atoms with E-state index in [1.807, 2.05) is 18.2 Å². The SMILES string of the molecule is N#Cc1ccnn1-c1cccc2c1CCN2C(=O)[C@@H]1CCCN1C#N. The number of hydrogen-bond donors (Lipinski definition) is 0. The smallest absolute Gasteiger partial charge is 0.250 e. The zero-order valence-electron chi connectivity index (χ0n) is 13.6. The van der Waals surface area contributed by atoms with Crippen LogP contribution in [0.2, 0.25) is 0 Å². The molecule has 0 radical (unpaired) electrons. The molecule has 7 heteroatoms. The summed E-state index contributed by atoms with van der Waals surface area (Å²) in [6.07, 6.45) is 6.02. The fraction of sp³-hybridized carbons (Fsp3) is 0.333. The third-order valence-corrected chi connectivity index (χ3v) is 4.92. The fourth-order valence-electron chi connectivity index (χ4n) is 3.75. The number of benzene rings is 1. The quantitative estimate of drug-likeness (QED) is 0.779. The maximum atomic E-state index is 13.0. The van der Waals surface area contributed by atoms with E-state index in [2.05, 4.69) is 17.4 Å². The number of amides is 1. The number of fused-ring (bicyclic) bond motifs is 1. The summed E-state index contributed by atoms with van der Waals surface area (Å²) < 4.78 is 1.62. The number of nitriles is 2. The Kier molecular flexibility index (Phi) is 3.62. The Balaban J connectivity index is 1.71. The van der Waals surface area contributed by atoms with Gasteiger partial charge in [0.1, 0.15) is 17.8 Å². The standard InChI is InChI=1S/C18H16N6O/c19-11-13-6-8-21-24(13)16-4-1-3-15-14(16)7-10-23(15)18(25)17-5-2-9-22(17)12-20/h1,3-4,6,8,17H,2,5,7,9-10H2/t17-/m0/s1. The zero-order chi connectivity index (χ0) is 17.4. The van der Waals surface area contributed by atoms with Gasteiger partial charge in [0, 0.05) is 24.3 Å². The minimum Gasteiger partial charge on any atom is -0.310 e. The molecule has 2 aliphatic rings. The second kappa shape index (κ2) is 5.95. The third kappa shape index (κ3) is 2.33. The molecular formula is C18H16N6O. The van der Waals surface area contributed by atoms with E-state index < -0.39 is 0 Å². The molecule has 0 aliphatic carbocycles. The van der Waals surface area contributed by atoms with Crippen LogP contribution in [0.25, 0.3) is 5.69 Å². The van der Waals surface area contributed by atoms with Crippen LogP contribution in [-0.2, 0) is 11.2 Å². The molecule has 4 rings (SSSR count). The first-order valence-electron chi connectivity index (χ1n) is 8.28. The summed E-state index contributed by atoms with van der Waals surface area (Å²) in [6.45, 7) is 1.23. The first-order chi connectivity index (χ1) is 12.2. The van der Waals surface area contributed by atoms with Crippen LogP contribution in [0.3, 0.4) is 0 Å². The Hall–Kier alpha value is -3.32. The van der Waals surface area contributed by atoms with Crippen LogP contribution < -0.4 is 4.90 Å². The largest absolute Gasteiger partial charge is 0.310 e. The first kappa shape index (κ1) is 15.2. The molecule has 1 aromatic heterocycles. The fourth-order valence-corrected chi connectivity index (χ4v) is 3.75. The number of carbonyl (C=O) groups excluding carboxylic acids is 1. The minimum absolute atomic E-state index is 0.0177. The number of nitrogens with zero attached hydrogens (tertiary/aromatic N) is 6. The van der Waals surface area contributed by atoms with E-state index in [9.17, 15) is 15.3 Å². The van der Waals surface area contributed by atoms with Crippen LogP contribution in [0.4, 0.5) is 5.69 Å². The Morgan fingerprint density at radius 1 is 1.20 bits per heavy atom. The number of aromatic nitrogens is 2. The van der Waals surface area contributed by atoms with Crippen molar-refractivity contribution in [3.63, 3.8) is 0 Å². The third-order valence-electron chi connectivity index (χ3n) is 4.92. The van der Waals surface area contributed by atoms with Gasteiger partial charge in [-0.15, -0.1) is 0 Å². The first-order valence-corrected chi connectivity index (χ1v) is 8.28. The number of likely N-dealkylation sites (tertiary alicyclic amines) is 1. The lowest BCUT2D eigenvalue weighted by atomic mass is 10.1. The zero-order valence-corrected chi connectivity index (χ0v) is 13.6. The van der Waals surface area contributed by atoms with Crippen molar-refractivity contribution in [2.75, 3.05) is 18.0 Å². The van der Waals surface area contributed by atoms with Crippen LogP contribution in [0, 0.1) is 22.8 Å². The molecule has 0 saturated carbocycles. The van der Waals surface area contributed by atoms with Crippen LogP contribution in [0.5, 0.6) is 0 Å². The Labute approximate surface area is 145 Å². The Bertz CT molecular complexity index is 918. The van der Waals surface area contributed by atoms with Gasteiger partial charge in [-0.1, -0.05) is 6.07 Å². The Morgan fingerprint density at radius 2 is 2.04 bits per heavy atom. The van der Waals surface area contributed by atoms with Gasteiger partial charge < -0.3 is 4.90 Å². The second-order valence-corrected chi connectivity index (χ2v) is 6.21. The average Bonchev–Trinajstić information content (AvgIpc) is 3.38. The molecule has 7 nitrogen and oxygen atoms in total. The summed E-state index contributed by atoms with van der Waals surface area (Å²) in [4.78, 5) is 16.3. The predicted molar refractivity (Wildman–Crippen MR) is 89.7 cm³/mol. The number of hydrogen-bond acceptors (Lipinski definition) is 5. The van der Waals surface area contributed by atoms with Gasteiger partial charge in [-0.05, 0) is 37.5 Å². The van der Waals surface area contributed by atoms with Crippen molar-refractivity contribution in [1.82, 2.24) is 14.7 Å². The summed E-state index contributed by atoms with van der Waals surface area (Å²) in [5, 5.41) is 22.7. The van der Waals surface area contributed by atoms with Gasteiger partial charge in [-0.2, -0.15) is 15.6 Å². The molecule has 1 fully saturated rings. The van der Waals surface area contributed by atoms with Crippen molar-refractivity contribution < 1.29 is 4.79 Å². The topological polar surface area (TPSA) is 88.9 Å².